The normalized spacial score (nSPS) is 18.7. The van der Waals surface area contributed by atoms with Crippen LogP contribution in [0.1, 0.15) is 37.4 Å². The third-order valence-corrected chi connectivity index (χ3v) is 5.37. The van der Waals surface area contributed by atoms with E-state index < -0.39 is 0 Å². The third kappa shape index (κ3) is 6.37. The molecule has 0 aliphatic carbocycles. The SMILES string of the molecule is CCc1nc(CN2CCC(CN=C(N)NC(C)COC)CC2)cs1. The number of hydrogen-bond donors (Lipinski definition) is 2. The van der Waals surface area contributed by atoms with E-state index in [1.54, 1.807) is 18.4 Å². The second-order valence-electron chi connectivity index (χ2n) is 6.53. The van der Waals surface area contributed by atoms with E-state index in [0.717, 1.165) is 32.6 Å². The lowest BCUT2D eigenvalue weighted by Crippen LogP contribution is -2.41. The molecule has 1 aliphatic heterocycles. The van der Waals surface area contributed by atoms with Gasteiger partial charge in [-0.1, -0.05) is 6.92 Å². The van der Waals surface area contributed by atoms with Crippen molar-refractivity contribution in [2.45, 2.75) is 45.7 Å². The minimum absolute atomic E-state index is 0.187. The molecule has 0 spiro atoms. The number of guanidine groups is 1. The number of hydrogen-bond acceptors (Lipinski definition) is 5. The number of ether oxygens (including phenoxy) is 1. The number of nitrogens with two attached hydrogens (primary N) is 1. The topological polar surface area (TPSA) is 75.8 Å². The first-order chi connectivity index (χ1) is 11.6. The number of aryl methyl sites for hydroxylation is 1. The summed E-state index contributed by atoms with van der Waals surface area (Å²) in [6, 6.07) is 0.187. The van der Waals surface area contributed by atoms with E-state index in [9.17, 15) is 0 Å². The van der Waals surface area contributed by atoms with Crippen molar-refractivity contribution in [2.75, 3.05) is 33.4 Å². The maximum absolute atomic E-state index is 5.93. The van der Waals surface area contributed by atoms with Crippen LogP contribution in [0.25, 0.3) is 0 Å². The van der Waals surface area contributed by atoms with Gasteiger partial charge < -0.3 is 15.8 Å². The molecule has 1 saturated heterocycles. The minimum atomic E-state index is 0.187. The fourth-order valence-corrected chi connectivity index (χ4v) is 3.69. The van der Waals surface area contributed by atoms with Crippen molar-refractivity contribution in [1.29, 1.82) is 0 Å². The largest absolute Gasteiger partial charge is 0.383 e. The van der Waals surface area contributed by atoms with E-state index in [1.807, 2.05) is 6.92 Å². The van der Waals surface area contributed by atoms with Crippen LogP contribution in [-0.2, 0) is 17.7 Å². The lowest BCUT2D eigenvalue weighted by molar-refractivity contribution is 0.177. The summed E-state index contributed by atoms with van der Waals surface area (Å²) < 4.78 is 5.09. The zero-order valence-corrected chi connectivity index (χ0v) is 15.9. The molecule has 7 heteroatoms. The summed E-state index contributed by atoms with van der Waals surface area (Å²) in [5.41, 5.74) is 7.15. The van der Waals surface area contributed by atoms with Crippen LogP contribution in [0.5, 0.6) is 0 Å². The van der Waals surface area contributed by atoms with Crippen LogP contribution in [-0.4, -0.2) is 55.2 Å². The number of rotatable bonds is 8. The predicted molar refractivity (Wildman–Crippen MR) is 100 cm³/mol. The highest BCUT2D eigenvalue weighted by molar-refractivity contribution is 7.09. The van der Waals surface area contributed by atoms with Crippen LogP contribution in [0.15, 0.2) is 10.4 Å². The maximum Gasteiger partial charge on any atom is 0.188 e. The quantitative estimate of drug-likeness (QED) is 0.551. The van der Waals surface area contributed by atoms with Crippen LogP contribution in [0.4, 0.5) is 0 Å². The van der Waals surface area contributed by atoms with Gasteiger partial charge in [0.05, 0.1) is 17.3 Å². The van der Waals surface area contributed by atoms with Gasteiger partial charge in [0.15, 0.2) is 5.96 Å². The number of aromatic nitrogens is 1. The van der Waals surface area contributed by atoms with Gasteiger partial charge in [0.25, 0.3) is 0 Å². The van der Waals surface area contributed by atoms with E-state index in [4.69, 9.17) is 10.5 Å². The van der Waals surface area contributed by atoms with Gasteiger partial charge in [0, 0.05) is 31.6 Å². The third-order valence-electron chi connectivity index (χ3n) is 4.33. The molecule has 1 aromatic rings. The van der Waals surface area contributed by atoms with Gasteiger partial charge in [-0.2, -0.15) is 0 Å². The minimum Gasteiger partial charge on any atom is -0.383 e. The first-order valence-electron chi connectivity index (χ1n) is 8.81. The Kier molecular flexibility index (Phi) is 7.94. The highest BCUT2D eigenvalue weighted by atomic mass is 32.1. The van der Waals surface area contributed by atoms with E-state index in [1.165, 1.54) is 23.5 Å². The molecule has 3 N–H and O–H groups in total. The zero-order chi connectivity index (χ0) is 17.4. The Morgan fingerprint density at radius 3 is 2.92 bits per heavy atom. The standard InChI is InChI=1S/C17H31N5OS/c1-4-16-21-15(12-24-16)10-22-7-5-14(6-8-22)9-19-17(18)20-13(2)11-23-3/h12-14H,4-11H2,1-3H3,(H3,18,19,20). The molecule has 1 aromatic heterocycles. The molecule has 1 atom stereocenters. The van der Waals surface area contributed by atoms with Crippen molar-refractivity contribution in [3.8, 4) is 0 Å². The zero-order valence-electron chi connectivity index (χ0n) is 15.1. The van der Waals surface area contributed by atoms with Gasteiger partial charge in [-0.05, 0) is 45.2 Å². The summed E-state index contributed by atoms with van der Waals surface area (Å²) in [7, 11) is 1.69. The summed E-state index contributed by atoms with van der Waals surface area (Å²) >= 11 is 1.77. The molecule has 6 nitrogen and oxygen atoms in total. The Labute approximate surface area is 149 Å². The fraction of sp³-hybridized carbons (Fsp3) is 0.765. The Morgan fingerprint density at radius 1 is 1.54 bits per heavy atom. The van der Waals surface area contributed by atoms with Crippen molar-refractivity contribution < 1.29 is 4.74 Å². The van der Waals surface area contributed by atoms with Crippen LogP contribution < -0.4 is 11.1 Å². The molecule has 24 heavy (non-hydrogen) atoms. The first kappa shape index (κ1) is 19.1. The summed E-state index contributed by atoms with van der Waals surface area (Å²) in [5, 5.41) is 6.59. The van der Waals surface area contributed by atoms with Gasteiger partial charge in [-0.3, -0.25) is 9.89 Å². The van der Waals surface area contributed by atoms with E-state index in [0.29, 0.717) is 18.5 Å². The number of nitrogens with zero attached hydrogens (tertiary/aromatic N) is 3. The van der Waals surface area contributed by atoms with Gasteiger partial charge in [-0.25, -0.2) is 4.98 Å². The van der Waals surface area contributed by atoms with E-state index >= 15 is 0 Å². The van der Waals surface area contributed by atoms with Crippen LogP contribution in [0.3, 0.4) is 0 Å². The molecule has 136 valence electrons. The lowest BCUT2D eigenvalue weighted by Gasteiger charge is -2.30. The van der Waals surface area contributed by atoms with Gasteiger partial charge in [-0.15, -0.1) is 11.3 Å². The Bertz CT molecular complexity index is 511. The first-order valence-corrected chi connectivity index (χ1v) is 9.69. The molecule has 1 fully saturated rings. The number of likely N-dealkylation sites (tertiary alicyclic amines) is 1. The molecule has 2 rings (SSSR count). The van der Waals surface area contributed by atoms with Crippen molar-refractivity contribution in [2.24, 2.45) is 16.6 Å². The van der Waals surface area contributed by atoms with E-state index in [-0.39, 0.29) is 6.04 Å². The van der Waals surface area contributed by atoms with Gasteiger partial charge in [0.1, 0.15) is 0 Å². The summed E-state index contributed by atoms with van der Waals surface area (Å²) in [5.74, 6) is 1.15. The predicted octanol–water partition coefficient (Wildman–Crippen LogP) is 1.86. The second-order valence-corrected chi connectivity index (χ2v) is 7.47. The molecule has 0 aromatic carbocycles. The van der Waals surface area contributed by atoms with Crippen molar-refractivity contribution in [3.05, 3.63) is 16.1 Å². The van der Waals surface area contributed by atoms with Gasteiger partial charge >= 0.3 is 0 Å². The van der Waals surface area contributed by atoms with E-state index in [2.05, 4.69) is 32.5 Å². The number of aliphatic imine (C=N–C) groups is 1. The average molecular weight is 354 g/mol. The molecule has 0 bridgehead atoms. The number of methoxy groups -OCH3 is 1. The van der Waals surface area contributed by atoms with Gasteiger partial charge in [0.2, 0.25) is 0 Å². The highest BCUT2D eigenvalue weighted by Gasteiger charge is 2.19. The van der Waals surface area contributed by atoms with Crippen LogP contribution >= 0.6 is 11.3 Å². The molecular formula is C17H31N5OS. The number of nitrogens with one attached hydrogen (secondary N) is 1. The molecule has 0 amide bonds. The molecular weight excluding hydrogens is 322 g/mol. The molecule has 0 radical (unpaired) electrons. The molecule has 1 aliphatic rings. The Hall–Kier alpha value is -1.18. The summed E-state index contributed by atoms with van der Waals surface area (Å²) in [4.78, 5) is 11.7. The molecule has 2 heterocycles. The van der Waals surface area contributed by atoms with Crippen molar-refractivity contribution in [1.82, 2.24) is 15.2 Å². The summed E-state index contributed by atoms with van der Waals surface area (Å²) in [6.07, 6.45) is 3.38. The summed E-state index contributed by atoms with van der Waals surface area (Å²) in [6.45, 7) is 8.84. The van der Waals surface area contributed by atoms with Crippen LogP contribution in [0.2, 0.25) is 0 Å². The number of piperidine rings is 1. The fourth-order valence-electron chi connectivity index (χ4n) is 2.96. The maximum atomic E-state index is 5.93. The molecule has 1 unspecified atom stereocenters. The van der Waals surface area contributed by atoms with Crippen LogP contribution in [0, 0.1) is 5.92 Å². The second kappa shape index (κ2) is 9.96. The lowest BCUT2D eigenvalue weighted by atomic mass is 9.97. The number of thiazole rings is 1. The van der Waals surface area contributed by atoms with Crippen molar-refractivity contribution >= 4 is 17.3 Å². The average Bonchev–Trinajstić information content (AvgIpc) is 3.02. The monoisotopic (exact) mass is 353 g/mol. The highest BCUT2D eigenvalue weighted by Crippen LogP contribution is 2.20. The Balaban J connectivity index is 1.68. The molecule has 0 saturated carbocycles. The smallest absolute Gasteiger partial charge is 0.188 e. The van der Waals surface area contributed by atoms with Crippen molar-refractivity contribution in [3.63, 3.8) is 0 Å². The Morgan fingerprint density at radius 2 is 2.29 bits per heavy atom.